The topological polar surface area (TPSA) is 52.5 Å². The highest BCUT2D eigenvalue weighted by Crippen LogP contribution is 2.41. The Morgan fingerprint density at radius 2 is 1.85 bits per heavy atom. The molecule has 1 aliphatic heterocycles. The van der Waals surface area contributed by atoms with Gasteiger partial charge < -0.3 is 15.5 Å². The van der Waals surface area contributed by atoms with Crippen LogP contribution >= 0.6 is 28.3 Å². The Bertz CT molecular complexity index is 599. The molecule has 3 rings (SSSR count). The van der Waals surface area contributed by atoms with Gasteiger partial charge in [0, 0.05) is 29.8 Å². The number of halogens is 1. The molecule has 2 heterocycles. The summed E-state index contributed by atoms with van der Waals surface area (Å²) < 4.78 is 0. The van der Waals surface area contributed by atoms with E-state index in [1.807, 2.05) is 6.07 Å². The van der Waals surface area contributed by atoms with E-state index in [4.69, 9.17) is 0 Å². The normalized spacial score (nSPS) is 21.6. The number of aromatic hydroxyl groups is 2. The number of phenolic OH excluding ortho intramolecular Hbond substituents is 2. The van der Waals surface area contributed by atoms with Gasteiger partial charge in [-0.05, 0) is 41.6 Å². The molecule has 3 N–H and O–H groups in total. The minimum Gasteiger partial charge on any atom is -0.504 e. The van der Waals surface area contributed by atoms with Crippen molar-refractivity contribution in [2.75, 3.05) is 13.1 Å². The summed E-state index contributed by atoms with van der Waals surface area (Å²) in [6, 6.07) is 7.32. The van der Waals surface area contributed by atoms with Gasteiger partial charge in [-0.2, -0.15) is 0 Å². The molecular weight excluding hydrogens is 338 g/mol. The van der Waals surface area contributed by atoms with Gasteiger partial charge in [0.15, 0.2) is 11.5 Å². The summed E-state index contributed by atoms with van der Waals surface area (Å²) in [6.07, 6.45) is 0. The third-order valence-corrected chi connectivity index (χ3v) is 5.03. The zero-order chi connectivity index (χ0) is 13.4. The van der Waals surface area contributed by atoms with Crippen LogP contribution in [0.25, 0.3) is 0 Å². The third kappa shape index (κ3) is 2.71. The molecule has 0 unspecified atom stereocenters. The molecule has 0 aliphatic carbocycles. The number of phenols is 2. The molecule has 0 saturated carbocycles. The molecule has 2 aromatic rings. The van der Waals surface area contributed by atoms with E-state index in [2.05, 4.69) is 23.7 Å². The molecular formula is C15H18BrNO2S. The molecule has 1 fully saturated rings. The Morgan fingerprint density at radius 1 is 1.10 bits per heavy atom. The lowest BCUT2D eigenvalue weighted by Gasteiger charge is -2.19. The average molecular weight is 356 g/mol. The Morgan fingerprint density at radius 3 is 2.50 bits per heavy atom. The number of hydrogen-bond donors (Lipinski definition) is 3. The summed E-state index contributed by atoms with van der Waals surface area (Å²) >= 11 is 1.80. The first-order chi connectivity index (χ1) is 9.16. The van der Waals surface area contributed by atoms with Crippen LogP contribution in [0, 0.1) is 6.92 Å². The summed E-state index contributed by atoms with van der Waals surface area (Å²) in [5.41, 5.74) is 2.42. The maximum absolute atomic E-state index is 9.66. The van der Waals surface area contributed by atoms with Crippen molar-refractivity contribution in [1.82, 2.24) is 5.32 Å². The van der Waals surface area contributed by atoms with Crippen molar-refractivity contribution in [3.05, 3.63) is 45.6 Å². The lowest BCUT2D eigenvalue weighted by molar-refractivity contribution is 0.402. The highest BCUT2D eigenvalue weighted by molar-refractivity contribution is 8.93. The summed E-state index contributed by atoms with van der Waals surface area (Å²) in [4.78, 5) is 1.42. The average Bonchev–Trinajstić information content (AvgIpc) is 3.00. The standard InChI is InChI=1S/C15H17NO2S.BrH/c1-9-4-5-19-15(9)12-8-16-7-11(12)10-2-3-13(17)14(18)6-10;/h2-6,11-12,16-18H,7-8H2,1H3;1H/t11-,12-;/m0./s1. The van der Waals surface area contributed by atoms with E-state index in [9.17, 15) is 10.2 Å². The number of thiophene rings is 1. The van der Waals surface area contributed by atoms with Crippen LogP contribution in [-0.2, 0) is 0 Å². The molecule has 20 heavy (non-hydrogen) atoms. The lowest BCUT2D eigenvalue weighted by atomic mass is 9.86. The van der Waals surface area contributed by atoms with Crippen molar-refractivity contribution in [3.8, 4) is 11.5 Å². The van der Waals surface area contributed by atoms with Gasteiger partial charge in [0.2, 0.25) is 0 Å². The predicted octanol–water partition coefficient (Wildman–Crippen LogP) is 3.52. The fourth-order valence-corrected chi connectivity index (χ4v) is 3.93. The fourth-order valence-electron chi connectivity index (χ4n) is 2.84. The second kappa shape index (κ2) is 6.16. The van der Waals surface area contributed by atoms with Gasteiger partial charge in [-0.3, -0.25) is 0 Å². The summed E-state index contributed by atoms with van der Waals surface area (Å²) in [7, 11) is 0. The van der Waals surface area contributed by atoms with E-state index in [0.717, 1.165) is 18.7 Å². The van der Waals surface area contributed by atoms with Crippen molar-refractivity contribution in [3.63, 3.8) is 0 Å². The van der Waals surface area contributed by atoms with Crippen LogP contribution < -0.4 is 5.32 Å². The highest BCUT2D eigenvalue weighted by atomic mass is 79.9. The number of aryl methyl sites for hydroxylation is 1. The van der Waals surface area contributed by atoms with Crippen LogP contribution in [0.3, 0.4) is 0 Å². The van der Waals surface area contributed by atoms with Crippen molar-refractivity contribution >= 4 is 28.3 Å². The number of benzene rings is 1. The number of rotatable bonds is 2. The molecule has 1 saturated heterocycles. The van der Waals surface area contributed by atoms with Crippen molar-refractivity contribution in [1.29, 1.82) is 0 Å². The molecule has 108 valence electrons. The number of hydrogen-bond acceptors (Lipinski definition) is 4. The van der Waals surface area contributed by atoms with Crippen molar-refractivity contribution in [2.45, 2.75) is 18.8 Å². The van der Waals surface area contributed by atoms with Crippen molar-refractivity contribution in [2.24, 2.45) is 0 Å². The van der Waals surface area contributed by atoms with Crippen LogP contribution in [0.15, 0.2) is 29.6 Å². The zero-order valence-electron chi connectivity index (χ0n) is 11.2. The molecule has 1 aromatic carbocycles. The first-order valence-electron chi connectivity index (χ1n) is 6.43. The largest absolute Gasteiger partial charge is 0.504 e. The smallest absolute Gasteiger partial charge is 0.157 e. The Hall–Kier alpha value is -1.04. The third-order valence-electron chi connectivity index (χ3n) is 3.88. The first kappa shape index (κ1) is 15.4. The number of nitrogens with one attached hydrogen (secondary N) is 1. The van der Waals surface area contributed by atoms with E-state index in [-0.39, 0.29) is 28.5 Å². The summed E-state index contributed by atoms with van der Waals surface area (Å²) in [5, 5.41) is 24.6. The quantitative estimate of drug-likeness (QED) is 0.722. The van der Waals surface area contributed by atoms with Gasteiger partial charge in [0.05, 0.1) is 0 Å². The fraction of sp³-hybridized carbons (Fsp3) is 0.333. The SMILES string of the molecule is Br.Cc1ccsc1[C@H]1CNC[C@H]1c1ccc(O)c(O)c1. The molecule has 5 heteroatoms. The highest BCUT2D eigenvalue weighted by Gasteiger charge is 2.31. The van der Waals surface area contributed by atoms with E-state index < -0.39 is 0 Å². The zero-order valence-corrected chi connectivity index (χ0v) is 13.7. The molecule has 0 spiro atoms. The van der Waals surface area contributed by atoms with Gasteiger partial charge in [0.25, 0.3) is 0 Å². The second-order valence-corrected chi connectivity index (χ2v) is 6.03. The Kier molecular flexibility index (Phi) is 4.73. The second-order valence-electron chi connectivity index (χ2n) is 5.09. The minimum absolute atomic E-state index is 0. The minimum atomic E-state index is -0.0569. The van der Waals surface area contributed by atoms with Crippen LogP contribution in [0.1, 0.15) is 27.8 Å². The van der Waals surface area contributed by atoms with Crippen LogP contribution in [0.2, 0.25) is 0 Å². The van der Waals surface area contributed by atoms with Crippen LogP contribution in [0.5, 0.6) is 11.5 Å². The van der Waals surface area contributed by atoms with Gasteiger partial charge in [-0.15, -0.1) is 28.3 Å². The van der Waals surface area contributed by atoms with Gasteiger partial charge in [-0.1, -0.05) is 6.07 Å². The van der Waals surface area contributed by atoms with Crippen LogP contribution in [0.4, 0.5) is 0 Å². The first-order valence-corrected chi connectivity index (χ1v) is 7.31. The maximum atomic E-state index is 9.66. The molecule has 0 bridgehead atoms. The van der Waals surface area contributed by atoms with E-state index in [1.54, 1.807) is 23.5 Å². The molecule has 2 atom stereocenters. The van der Waals surface area contributed by atoms with E-state index in [0.29, 0.717) is 11.8 Å². The maximum Gasteiger partial charge on any atom is 0.157 e. The molecule has 1 aromatic heterocycles. The van der Waals surface area contributed by atoms with E-state index >= 15 is 0 Å². The molecule has 3 nitrogen and oxygen atoms in total. The van der Waals surface area contributed by atoms with Crippen LogP contribution in [-0.4, -0.2) is 23.3 Å². The summed E-state index contributed by atoms with van der Waals surface area (Å²) in [5.74, 6) is 0.706. The lowest BCUT2D eigenvalue weighted by Crippen LogP contribution is -2.08. The Balaban J connectivity index is 0.00000147. The Labute approximate surface area is 133 Å². The van der Waals surface area contributed by atoms with E-state index in [1.165, 1.54) is 10.4 Å². The summed E-state index contributed by atoms with van der Waals surface area (Å²) in [6.45, 7) is 4.02. The molecule has 0 amide bonds. The van der Waals surface area contributed by atoms with Gasteiger partial charge in [0.1, 0.15) is 0 Å². The van der Waals surface area contributed by atoms with Crippen molar-refractivity contribution < 1.29 is 10.2 Å². The monoisotopic (exact) mass is 355 g/mol. The molecule has 0 radical (unpaired) electrons. The molecule has 1 aliphatic rings. The van der Waals surface area contributed by atoms with Gasteiger partial charge in [-0.25, -0.2) is 0 Å². The van der Waals surface area contributed by atoms with Gasteiger partial charge >= 0.3 is 0 Å². The predicted molar refractivity (Wildman–Crippen MR) is 87.5 cm³/mol.